The van der Waals surface area contributed by atoms with Gasteiger partial charge in [0.05, 0.1) is 5.54 Å². The van der Waals surface area contributed by atoms with Crippen molar-refractivity contribution in [1.29, 1.82) is 0 Å². The monoisotopic (exact) mass is 219 g/mol. The predicted molar refractivity (Wildman–Crippen MR) is 54.1 cm³/mol. The lowest BCUT2D eigenvalue weighted by Crippen LogP contribution is -2.54. The molecule has 0 radical (unpaired) electrons. The van der Waals surface area contributed by atoms with Crippen molar-refractivity contribution in [3.05, 3.63) is 0 Å². The molecule has 0 aromatic rings. The molecule has 0 aliphatic carbocycles. The smallest absolute Gasteiger partial charge is 0.279 e. The average Bonchev–Trinajstić information content (AvgIpc) is 2.21. The molecule has 82 valence electrons. The first kappa shape index (κ1) is 10.4. The maximum atomic E-state index is 11.5. The van der Waals surface area contributed by atoms with E-state index < -0.39 is 10.2 Å². The van der Waals surface area contributed by atoms with Gasteiger partial charge in [-0.2, -0.15) is 17.4 Å². The first-order valence-electron chi connectivity index (χ1n) is 4.92. The molecular weight excluding hydrogens is 202 g/mol. The highest BCUT2D eigenvalue weighted by molar-refractivity contribution is 7.87. The summed E-state index contributed by atoms with van der Waals surface area (Å²) in [5, 5.41) is 3.32. The Kier molecular flexibility index (Phi) is 2.34. The van der Waals surface area contributed by atoms with Crippen LogP contribution in [-0.4, -0.2) is 44.4 Å². The van der Waals surface area contributed by atoms with Crippen LogP contribution in [0, 0.1) is 0 Å². The van der Waals surface area contributed by atoms with Crippen LogP contribution in [0.1, 0.15) is 19.8 Å². The molecule has 2 heterocycles. The lowest BCUT2D eigenvalue weighted by Gasteiger charge is -2.36. The van der Waals surface area contributed by atoms with Crippen molar-refractivity contribution in [3.8, 4) is 0 Å². The molecule has 14 heavy (non-hydrogen) atoms. The molecule has 0 amide bonds. The second-order valence-corrected chi connectivity index (χ2v) is 6.23. The fraction of sp³-hybridized carbons (Fsp3) is 1.00. The number of hydrogen-bond donors (Lipinski definition) is 2. The highest BCUT2D eigenvalue weighted by Gasteiger charge is 2.46. The summed E-state index contributed by atoms with van der Waals surface area (Å²) < 4.78 is 27.3. The quantitative estimate of drug-likeness (QED) is 0.565. The fourth-order valence-corrected chi connectivity index (χ4v) is 3.82. The number of likely N-dealkylation sites (N-methyl/N-ethyl adjacent to an activating group) is 1. The van der Waals surface area contributed by atoms with Gasteiger partial charge in [-0.1, -0.05) is 0 Å². The third-order valence-corrected chi connectivity index (χ3v) is 4.72. The molecule has 2 aliphatic rings. The van der Waals surface area contributed by atoms with Crippen molar-refractivity contribution < 1.29 is 8.42 Å². The largest absolute Gasteiger partial charge is 0.314 e. The van der Waals surface area contributed by atoms with Gasteiger partial charge in [-0.3, -0.25) is 0 Å². The van der Waals surface area contributed by atoms with Crippen molar-refractivity contribution in [1.82, 2.24) is 14.3 Å². The first-order valence-corrected chi connectivity index (χ1v) is 6.36. The van der Waals surface area contributed by atoms with E-state index in [2.05, 4.69) is 17.0 Å². The molecule has 2 N–H and O–H groups in total. The second kappa shape index (κ2) is 3.16. The van der Waals surface area contributed by atoms with E-state index in [0.29, 0.717) is 12.6 Å². The summed E-state index contributed by atoms with van der Waals surface area (Å²) in [6.07, 6.45) is 1.75. The van der Waals surface area contributed by atoms with Crippen molar-refractivity contribution in [3.63, 3.8) is 0 Å². The van der Waals surface area contributed by atoms with Crippen molar-refractivity contribution in [2.45, 2.75) is 31.3 Å². The predicted octanol–water partition coefficient (Wildman–Crippen LogP) is -0.723. The lowest BCUT2D eigenvalue weighted by atomic mass is 9.86. The van der Waals surface area contributed by atoms with Crippen LogP contribution in [0.15, 0.2) is 0 Å². The Morgan fingerprint density at radius 2 is 2.21 bits per heavy atom. The molecule has 0 aromatic carbocycles. The Balaban J connectivity index is 2.19. The van der Waals surface area contributed by atoms with Crippen LogP contribution in [0.4, 0.5) is 0 Å². The number of nitrogens with one attached hydrogen (secondary N) is 2. The topological polar surface area (TPSA) is 61.4 Å². The van der Waals surface area contributed by atoms with E-state index >= 15 is 0 Å². The fourth-order valence-electron chi connectivity index (χ4n) is 2.45. The molecule has 2 saturated heterocycles. The van der Waals surface area contributed by atoms with Gasteiger partial charge in [0.1, 0.15) is 0 Å². The average molecular weight is 219 g/mol. The summed E-state index contributed by atoms with van der Waals surface area (Å²) in [6.45, 7) is 3.58. The van der Waals surface area contributed by atoms with Crippen LogP contribution in [0.5, 0.6) is 0 Å². The van der Waals surface area contributed by atoms with Gasteiger partial charge in [-0.25, -0.2) is 0 Å². The zero-order chi connectivity index (χ0) is 10.4. The molecule has 0 saturated carbocycles. The van der Waals surface area contributed by atoms with Gasteiger partial charge in [0, 0.05) is 19.6 Å². The molecule has 0 bridgehead atoms. The number of nitrogens with zero attached hydrogens (tertiary/aromatic N) is 1. The Labute approximate surface area is 85.0 Å². The molecule has 2 aliphatic heterocycles. The summed E-state index contributed by atoms with van der Waals surface area (Å²) in [4.78, 5) is 0. The van der Waals surface area contributed by atoms with Gasteiger partial charge < -0.3 is 5.32 Å². The minimum atomic E-state index is -3.20. The van der Waals surface area contributed by atoms with Crippen molar-refractivity contribution in [2.24, 2.45) is 0 Å². The van der Waals surface area contributed by atoms with Gasteiger partial charge in [0.2, 0.25) is 0 Å². The van der Waals surface area contributed by atoms with Crippen molar-refractivity contribution in [2.75, 3.05) is 20.1 Å². The molecular formula is C8H17N3O2S. The van der Waals surface area contributed by atoms with E-state index in [1.54, 1.807) is 7.05 Å². The maximum Gasteiger partial charge on any atom is 0.279 e. The Hall–Kier alpha value is -0.170. The standard InChI is InChI=1S/C8H17N3O2S/c1-7-5-8(3-4-9-7)6-11(2)14(12,13)10-8/h7,9-10H,3-6H2,1-2H3. The van der Waals surface area contributed by atoms with Crippen LogP contribution in [0.25, 0.3) is 0 Å². The summed E-state index contributed by atoms with van der Waals surface area (Å²) in [5.41, 5.74) is -0.224. The van der Waals surface area contributed by atoms with Crippen LogP contribution in [-0.2, 0) is 10.2 Å². The van der Waals surface area contributed by atoms with Crippen LogP contribution < -0.4 is 10.0 Å². The van der Waals surface area contributed by atoms with E-state index in [1.807, 2.05) is 0 Å². The third-order valence-electron chi connectivity index (χ3n) is 3.07. The van der Waals surface area contributed by atoms with Gasteiger partial charge in [0.15, 0.2) is 0 Å². The molecule has 2 atom stereocenters. The molecule has 2 rings (SSSR count). The lowest BCUT2D eigenvalue weighted by molar-refractivity contribution is 0.239. The number of rotatable bonds is 0. The molecule has 2 fully saturated rings. The Bertz CT molecular complexity index is 329. The highest BCUT2D eigenvalue weighted by atomic mass is 32.2. The normalized spacial score (nSPS) is 43.1. The van der Waals surface area contributed by atoms with Crippen LogP contribution in [0.3, 0.4) is 0 Å². The Morgan fingerprint density at radius 3 is 2.71 bits per heavy atom. The summed E-state index contributed by atoms with van der Waals surface area (Å²) in [7, 11) is -1.57. The third kappa shape index (κ3) is 1.67. The molecule has 1 spiro atoms. The summed E-state index contributed by atoms with van der Waals surface area (Å²) >= 11 is 0. The first-order chi connectivity index (χ1) is 6.44. The zero-order valence-corrected chi connectivity index (χ0v) is 9.39. The van der Waals surface area contributed by atoms with Gasteiger partial charge in [0.25, 0.3) is 10.2 Å². The maximum absolute atomic E-state index is 11.5. The minimum absolute atomic E-state index is 0.224. The SMILES string of the molecule is CC1CC2(CCN1)CN(C)S(=O)(=O)N2. The minimum Gasteiger partial charge on any atom is -0.314 e. The zero-order valence-electron chi connectivity index (χ0n) is 8.58. The van der Waals surface area contributed by atoms with E-state index in [1.165, 1.54) is 4.31 Å². The number of piperidine rings is 1. The van der Waals surface area contributed by atoms with Crippen LogP contribution >= 0.6 is 0 Å². The van der Waals surface area contributed by atoms with Gasteiger partial charge in [-0.15, -0.1) is 0 Å². The van der Waals surface area contributed by atoms with E-state index in [0.717, 1.165) is 19.4 Å². The van der Waals surface area contributed by atoms with Crippen molar-refractivity contribution >= 4 is 10.2 Å². The molecule has 5 nitrogen and oxygen atoms in total. The van der Waals surface area contributed by atoms with Crippen LogP contribution in [0.2, 0.25) is 0 Å². The van der Waals surface area contributed by atoms with Gasteiger partial charge >= 0.3 is 0 Å². The Morgan fingerprint density at radius 1 is 1.50 bits per heavy atom. The van der Waals surface area contributed by atoms with E-state index in [9.17, 15) is 8.42 Å². The number of hydrogen-bond acceptors (Lipinski definition) is 3. The summed E-state index contributed by atoms with van der Waals surface area (Å²) in [5.74, 6) is 0. The summed E-state index contributed by atoms with van der Waals surface area (Å²) in [6, 6.07) is 0.387. The molecule has 2 unspecified atom stereocenters. The molecule has 6 heteroatoms. The molecule has 0 aromatic heterocycles. The van der Waals surface area contributed by atoms with E-state index in [4.69, 9.17) is 0 Å². The second-order valence-electron chi connectivity index (χ2n) is 4.45. The van der Waals surface area contributed by atoms with Gasteiger partial charge in [-0.05, 0) is 26.3 Å². The van der Waals surface area contributed by atoms with E-state index in [-0.39, 0.29) is 5.54 Å². The highest BCUT2D eigenvalue weighted by Crippen LogP contribution is 2.29.